The quantitative estimate of drug-likeness (QED) is 0.897. The first-order valence-electron chi connectivity index (χ1n) is 10.3. The maximum absolute atomic E-state index is 3.51. The average molecular weight is 344 g/mol. The number of benzene rings is 1. The Balaban J connectivity index is 1.77. The van der Waals surface area contributed by atoms with E-state index in [0.29, 0.717) is 6.04 Å². The molecule has 0 aromatic heterocycles. The molecule has 1 aromatic rings. The Morgan fingerprint density at radius 3 is 2.04 bits per heavy atom. The molecule has 2 heterocycles. The second-order valence-electron chi connectivity index (χ2n) is 8.89. The molecule has 0 spiro atoms. The van der Waals surface area contributed by atoms with Gasteiger partial charge < -0.3 is 10.2 Å². The highest BCUT2D eigenvalue weighted by Gasteiger charge is 2.25. The zero-order valence-electron chi connectivity index (χ0n) is 16.6. The van der Waals surface area contributed by atoms with Gasteiger partial charge in [0.15, 0.2) is 0 Å². The van der Waals surface area contributed by atoms with Crippen molar-refractivity contribution >= 4 is 0 Å². The highest BCUT2D eigenvalue weighted by atomic mass is 15.2. The fourth-order valence-electron chi connectivity index (χ4n) is 4.19. The van der Waals surface area contributed by atoms with E-state index in [4.69, 9.17) is 0 Å². The maximum Gasteiger partial charge on any atom is 0.0476 e. The van der Waals surface area contributed by atoms with Crippen molar-refractivity contribution in [3.05, 3.63) is 35.4 Å². The molecule has 2 aliphatic rings. The molecule has 0 saturated carbocycles. The summed E-state index contributed by atoms with van der Waals surface area (Å²) in [6, 6.07) is 10.0. The summed E-state index contributed by atoms with van der Waals surface area (Å²) in [4.78, 5) is 5.42. The van der Waals surface area contributed by atoms with Gasteiger partial charge in [-0.15, -0.1) is 0 Å². The normalized spacial score (nSPS) is 22.5. The topological polar surface area (TPSA) is 18.5 Å². The first kappa shape index (κ1) is 18.9. The summed E-state index contributed by atoms with van der Waals surface area (Å²) in [7, 11) is 0. The van der Waals surface area contributed by atoms with Gasteiger partial charge in [-0.3, -0.25) is 4.90 Å². The molecule has 2 aliphatic heterocycles. The van der Waals surface area contributed by atoms with Crippen LogP contribution in [0, 0.1) is 0 Å². The van der Waals surface area contributed by atoms with Gasteiger partial charge in [-0.25, -0.2) is 0 Å². The number of nitrogens with one attached hydrogen (secondary N) is 1. The van der Waals surface area contributed by atoms with Gasteiger partial charge in [0.1, 0.15) is 0 Å². The molecule has 25 heavy (non-hydrogen) atoms. The van der Waals surface area contributed by atoms with Gasteiger partial charge in [-0.05, 0) is 42.5 Å². The molecule has 0 radical (unpaired) electrons. The van der Waals surface area contributed by atoms with E-state index >= 15 is 0 Å². The van der Waals surface area contributed by atoms with Crippen LogP contribution in [0.5, 0.6) is 0 Å². The van der Waals surface area contributed by atoms with Crippen LogP contribution in [0.4, 0.5) is 0 Å². The van der Waals surface area contributed by atoms with Crippen LogP contribution >= 0.6 is 0 Å². The van der Waals surface area contributed by atoms with Crippen molar-refractivity contribution in [3.8, 4) is 0 Å². The molecule has 140 valence electrons. The molecular weight excluding hydrogens is 306 g/mol. The minimum absolute atomic E-state index is 0.230. The maximum atomic E-state index is 3.51. The Labute approximate surface area is 154 Å². The lowest BCUT2D eigenvalue weighted by molar-refractivity contribution is 0.126. The lowest BCUT2D eigenvalue weighted by Crippen LogP contribution is -2.48. The Morgan fingerprint density at radius 2 is 1.48 bits per heavy atom. The lowest BCUT2D eigenvalue weighted by atomic mass is 9.86. The van der Waals surface area contributed by atoms with E-state index < -0.39 is 0 Å². The number of likely N-dealkylation sites (tertiary alicyclic amines) is 1. The van der Waals surface area contributed by atoms with Gasteiger partial charge >= 0.3 is 0 Å². The van der Waals surface area contributed by atoms with Crippen LogP contribution in [0.25, 0.3) is 0 Å². The average Bonchev–Trinajstić information content (AvgIpc) is 2.88. The summed E-state index contributed by atoms with van der Waals surface area (Å²) in [5.74, 6) is 0. The van der Waals surface area contributed by atoms with Crippen LogP contribution in [-0.4, -0.2) is 55.6 Å². The highest BCUT2D eigenvalue weighted by molar-refractivity contribution is 5.29. The van der Waals surface area contributed by atoms with Gasteiger partial charge in [-0.1, -0.05) is 57.9 Å². The van der Waals surface area contributed by atoms with E-state index in [-0.39, 0.29) is 5.41 Å². The predicted molar refractivity (Wildman–Crippen MR) is 107 cm³/mol. The second-order valence-corrected chi connectivity index (χ2v) is 8.89. The highest BCUT2D eigenvalue weighted by Crippen LogP contribution is 2.28. The summed E-state index contributed by atoms with van der Waals surface area (Å²) >= 11 is 0. The van der Waals surface area contributed by atoms with Crippen LogP contribution in [-0.2, 0) is 5.41 Å². The molecule has 3 heteroatoms. The Morgan fingerprint density at radius 1 is 0.880 bits per heavy atom. The monoisotopic (exact) mass is 343 g/mol. The first-order chi connectivity index (χ1) is 12.0. The van der Waals surface area contributed by atoms with Gasteiger partial charge in [0.05, 0.1) is 0 Å². The number of rotatable bonds is 4. The number of piperazine rings is 1. The molecule has 0 amide bonds. The number of hydrogen-bond donors (Lipinski definition) is 1. The van der Waals surface area contributed by atoms with Crippen LogP contribution in [0.3, 0.4) is 0 Å². The fourth-order valence-corrected chi connectivity index (χ4v) is 4.19. The molecule has 2 saturated heterocycles. The van der Waals surface area contributed by atoms with E-state index in [0.717, 1.165) is 13.1 Å². The van der Waals surface area contributed by atoms with Crippen molar-refractivity contribution in [2.45, 2.75) is 57.9 Å². The van der Waals surface area contributed by atoms with E-state index in [9.17, 15) is 0 Å². The third-order valence-corrected chi connectivity index (χ3v) is 5.88. The van der Waals surface area contributed by atoms with E-state index in [1.165, 1.54) is 69.5 Å². The fraction of sp³-hybridized carbons (Fsp3) is 0.727. The zero-order valence-corrected chi connectivity index (χ0v) is 16.6. The molecular formula is C22H37N3. The molecule has 1 aromatic carbocycles. The minimum Gasteiger partial charge on any atom is -0.314 e. The minimum atomic E-state index is 0.230. The van der Waals surface area contributed by atoms with Gasteiger partial charge in [0.25, 0.3) is 0 Å². The SMILES string of the molecule is CC(C)(C)c1ccc(C(CN2CCCCCC2)N2CCNCC2)cc1. The smallest absolute Gasteiger partial charge is 0.0476 e. The standard InChI is InChI=1S/C22H37N3/c1-22(2,3)20-10-8-19(9-11-20)21(25-16-12-23-13-17-25)18-24-14-6-4-5-7-15-24/h8-11,21,23H,4-7,12-18H2,1-3H3. The first-order valence-corrected chi connectivity index (χ1v) is 10.3. The Hall–Kier alpha value is -0.900. The van der Waals surface area contributed by atoms with Crippen molar-refractivity contribution < 1.29 is 0 Å². The lowest BCUT2D eigenvalue weighted by Gasteiger charge is -2.38. The molecule has 0 bridgehead atoms. The Bertz CT molecular complexity index is 503. The van der Waals surface area contributed by atoms with Crippen molar-refractivity contribution in [2.75, 3.05) is 45.8 Å². The van der Waals surface area contributed by atoms with Crippen LogP contribution < -0.4 is 5.32 Å². The summed E-state index contributed by atoms with van der Waals surface area (Å²) < 4.78 is 0. The molecule has 0 aliphatic carbocycles. The van der Waals surface area contributed by atoms with Crippen molar-refractivity contribution in [2.24, 2.45) is 0 Å². The van der Waals surface area contributed by atoms with Crippen LogP contribution in [0.1, 0.15) is 63.6 Å². The number of hydrogen-bond acceptors (Lipinski definition) is 3. The van der Waals surface area contributed by atoms with Gasteiger partial charge in [0.2, 0.25) is 0 Å². The molecule has 2 fully saturated rings. The second kappa shape index (κ2) is 8.66. The van der Waals surface area contributed by atoms with E-state index in [1.807, 2.05) is 0 Å². The largest absolute Gasteiger partial charge is 0.314 e. The Kier molecular flexibility index (Phi) is 6.54. The van der Waals surface area contributed by atoms with Crippen molar-refractivity contribution in [3.63, 3.8) is 0 Å². The summed E-state index contributed by atoms with van der Waals surface area (Å²) in [6.45, 7) is 15.2. The van der Waals surface area contributed by atoms with Crippen molar-refractivity contribution in [1.29, 1.82) is 0 Å². The molecule has 1 N–H and O–H groups in total. The zero-order chi connectivity index (χ0) is 17.7. The van der Waals surface area contributed by atoms with E-state index in [1.54, 1.807) is 0 Å². The summed E-state index contributed by atoms with van der Waals surface area (Å²) in [5.41, 5.74) is 3.16. The molecule has 1 atom stereocenters. The molecule has 1 unspecified atom stereocenters. The van der Waals surface area contributed by atoms with Gasteiger partial charge in [0, 0.05) is 38.8 Å². The molecule has 3 rings (SSSR count). The predicted octanol–water partition coefficient (Wildman–Crippen LogP) is 3.81. The number of nitrogens with zero attached hydrogens (tertiary/aromatic N) is 2. The summed E-state index contributed by atoms with van der Waals surface area (Å²) in [5, 5.41) is 3.51. The van der Waals surface area contributed by atoms with Gasteiger partial charge in [-0.2, -0.15) is 0 Å². The molecule has 3 nitrogen and oxygen atoms in total. The van der Waals surface area contributed by atoms with E-state index in [2.05, 4.69) is 60.2 Å². The van der Waals surface area contributed by atoms with Crippen molar-refractivity contribution in [1.82, 2.24) is 15.1 Å². The van der Waals surface area contributed by atoms with Crippen LogP contribution in [0.2, 0.25) is 0 Å². The van der Waals surface area contributed by atoms with Crippen LogP contribution in [0.15, 0.2) is 24.3 Å². The third kappa shape index (κ3) is 5.29. The summed E-state index contributed by atoms with van der Waals surface area (Å²) in [6.07, 6.45) is 5.57. The third-order valence-electron chi connectivity index (χ3n) is 5.88.